The molecule has 0 aromatic heterocycles. The van der Waals surface area contributed by atoms with Crippen molar-refractivity contribution < 1.29 is 4.74 Å². The molecule has 1 nitrogen and oxygen atoms in total. The van der Waals surface area contributed by atoms with E-state index in [9.17, 15) is 0 Å². The van der Waals surface area contributed by atoms with Gasteiger partial charge in [-0.3, -0.25) is 0 Å². The SMILES string of the molecule is CCC(Br)(Br)C(Br)(Br)C(Br)(Br)Oc1cccc(-c2ccccc2)c1. The fourth-order valence-electron chi connectivity index (χ4n) is 2.02. The molecule has 2 aromatic rings. The van der Waals surface area contributed by atoms with E-state index in [1.807, 2.05) is 36.4 Å². The van der Waals surface area contributed by atoms with E-state index in [2.05, 4.69) is 121 Å². The van der Waals surface area contributed by atoms with Gasteiger partial charge in [-0.25, -0.2) is 0 Å². The molecular weight excluding hydrogens is 700 g/mol. The predicted octanol–water partition coefficient (Wildman–Crippen LogP) is 8.56. The van der Waals surface area contributed by atoms with Crippen LogP contribution in [0.25, 0.3) is 11.1 Å². The Labute approximate surface area is 193 Å². The van der Waals surface area contributed by atoms with Crippen molar-refractivity contribution in [1.82, 2.24) is 0 Å². The first-order valence-corrected chi connectivity index (χ1v) is 11.8. The lowest BCUT2D eigenvalue weighted by Crippen LogP contribution is -2.50. The Balaban J connectivity index is 2.31. The molecule has 0 N–H and O–H groups in total. The van der Waals surface area contributed by atoms with E-state index in [4.69, 9.17) is 4.74 Å². The monoisotopic (exact) mass is 708 g/mol. The summed E-state index contributed by atoms with van der Waals surface area (Å²) < 4.78 is 4.15. The van der Waals surface area contributed by atoms with Gasteiger partial charge < -0.3 is 4.74 Å². The maximum Gasteiger partial charge on any atom is 0.244 e. The number of halogens is 6. The van der Waals surface area contributed by atoms with Crippen LogP contribution in [0.2, 0.25) is 0 Å². The largest absolute Gasteiger partial charge is 0.464 e. The highest BCUT2D eigenvalue weighted by Gasteiger charge is 2.58. The molecule has 0 spiro atoms. The molecule has 2 rings (SSSR count). The van der Waals surface area contributed by atoms with Gasteiger partial charge >= 0.3 is 0 Å². The Morgan fingerprint density at radius 3 is 1.96 bits per heavy atom. The summed E-state index contributed by atoms with van der Waals surface area (Å²) in [6.45, 7) is 2.06. The number of rotatable bonds is 6. The van der Waals surface area contributed by atoms with Crippen LogP contribution >= 0.6 is 95.6 Å². The topological polar surface area (TPSA) is 9.23 Å². The second-order valence-corrected chi connectivity index (χ2v) is 15.7. The van der Waals surface area contributed by atoms with Gasteiger partial charge in [0.1, 0.15) is 8.98 Å². The second kappa shape index (κ2) is 8.42. The van der Waals surface area contributed by atoms with E-state index in [0.29, 0.717) is 0 Å². The van der Waals surface area contributed by atoms with Crippen LogP contribution in [-0.2, 0) is 0 Å². The molecule has 0 unspecified atom stereocenters. The van der Waals surface area contributed by atoms with Crippen molar-refractivity contribution in [3.63, 3.8) is 0 Å². The van der Waals surface area contributed by atoms with E-state index in [1.165, 1.54) is 0 Å². The van der Waals surface area contributed by atoms with Crippen LogP contribution in [0.15, 0.2) is 54.6 Å². The maximum absolute atomic E-state index is 6.20. The van der Waals surface area contributed by atoms with Crippen molar-refractivity contribution in [2.75, 3.05) is 0 Å². The summed E-state index contributed by atoms with van der Waals surface area (Å²) in [5.41, 5.74) is 2.24. The van der Waals surface area contributed by atoms with Gasteiger partial charge in [-0.15, -0.1) is 0 Å². The third-order valence-electron chi connectivity index (χ3n) is 3.46. The molecular formula is C17H14Br6O. The van der Waals surface area contributed by atoms with Crippen molar-refractivity contribution in [2.45, 2.75) is 23.2 Å². The highest BCUT2D eigenvalue weighted by atomic mass is 79.9. The lowest BCUT2D eigenvalue weighted by molar-refractivity contribution is 0.255. The molecule has 0 amide bonds. The molecule has 0 radical (unpaired) electrons. The summed E-state index contributed by atoms with van der Waals surface area (Å²) in [5, 5.41) is 0. The maximum atomic E-state index is 6.20. The van der Waals surface area contributed by atoms with Crippen molar-refractivity contribution in [1.29, 1.82) is 0 Å². The summed E-state index contributed by atoms with van der Waals surface area (Å²) in [4.78, 5) is 0. The van der Waals surface area contributed by atoms with Crippen LogP contribution in [0, 0.1) is 0 Å². The first-order valence-electron chi connectivity index (χ1n) is 7.08. The molecule has 0 saturated carbocycles. The zero-order chi connectivity index (χ0) is 18.0. The van der Waals surface area contributed by atoms with Gasteiger partial charge in [0.05, 0.1) is 0 Å². The smallest absolute Gasteiger partial charge is 0.244 e. The molecule has 130 valence electrons. The van der Waals surface area contributed by atoms with E-state index in [1.54, 1.807) is 0 Å². The third-order valence-corrected chi connectivity index (χ3v) is 14.0. The average Bonchev–Trinajstić information content (AvgIpc) is 2.55. The number of alkyl halides is 6. The van der Waals surface area contributed by atoms with Crippen LogP contribution in [0.1, 0.15) is 13.3 Å². The van der Waals surface area contributed by atoms with E-state index >= 15 is 0 Å². The number of hydrogen-bond acceptors (Lipinski definition) is 1. The van der Waals surface area contributed by atoms with Crippen LogP contribution in [0.5, 0.6) is 5.75 Å². The highest BCUT2D eigenvalue weighted by molar-refractivity contribution is 9.33. The van der Waals surface area contributed by atoms with Gasteiger partial charge in [-0.1, -0.05) is 113 Å². The van der Waals surface area contributed by atoms with E-state index in [-0.39, 0.29) is 0 Å². The fraction of sp³-hybridized carbons (Fsp3) is 0.294. The standard InChI is InChI=1S/C17H14Br6O/c1-2-15(18,19)16(20,21)17(22,23)24-14-10-6-9-13(11-14)12-7-4-3-5-8-12/h3-11H,2H2,1H3. The van der Waals surface area contributed by atoms with Gasteiger partial charge in [0, 0.05) is 0 Å². The molecule has 24 heavy (non-hydrogen) atoms. The third kappa shape index (κ3) is 4.69. The minimum absolute atomic E-state index is 0.447. The molecule has 0 aliphatic rings. The first kappa shape index (κ1) is 21.4. The Kier molecular flexibility index (Phi) is 7.52. The summed E-state index contributed by atoms with van der Waals surface area (Å²) >= 11 is 22.1. The summed E-state index contributed by atoms with van der Waals surface area (Å²) in [6, 6.07) is 18.2. The number of benzene rings is 2. The first-order chi connectivity index (χ1) is 11.1. The minimum atomic E-state index is -0.911. The van der Waals surface area contributed by atoms with Crippen molar-refractivity contribution in [3.05, 3.63) is 54.6 Å². The zero-order valence-corrected chi connectivity index (χ0v) is 22.1. The summed E-state index contributed by atoms with van der Waals surface area (Å²) in [7, 11) is 0. The van der Waals surface area contributed by atoms with Crippen LogP contribution in [0.3, 0.4) is 0 Å². The second-order valence-electron chi connectivity index (χ2n) is 5.15. The van der Waals surface area contributed by atoms with Gasteiger partial charge in [-0.2, -0.15) is 0 Å². The van der Waals surface area contributed by atoms with Crippen LogP contribution in [0.4, 0.5) is 0 Å². The van der Waals surface area contributed by atoms with Crippen LogP contribution < -0.4 is 4.74 Å². The molecule has 0 fully saturated rings. The van der Waals surface area contributed by atoms with Gasteiger partial charge in [0.15, 0.2) is 3.23 Å². The quantitative estimate of drug-likeness (QED) is 0.273. The van der Waals surface area contributed by atoms with Crippen molar-refractivity contribution in [3.8, 4) is 16.9 Å². The van der Waals surface area contributed by atoms with Gasteiger partial charge in [0.2, 0.25) is 3.42 Å². The molecule has 0 heterocycles. The Bertz CT molecular complexity index is 684. The number of ether oxygens (including phenoxy) is 1. The summed E-state index contributed by atoms with van der Waals surface area (Å²) in [5.74, 6) is 0.736. The molecule has 7 heteroatoms. The molecule has 0 aliphatic heterocycles. The van der Waals surface area contributed by atoms with Crippen molar-refractivity contribution in [2.24, 2.45) is 0 Å². The Hall–Kier alpha value is 1.12. The van der Waals surface area contributed by atoms with Gasteiger partial charge in [0.25, 0.3) is 0 Å². The van der Waals surface area contributed by atoms with E-state index < -0.39 is 9.89 Å². The molecule has 2 aromatic carbocycles. The predicted molar refractivity (Wildman–Crippen MR) is 125 cm³/mol. The van der Waals surface area contributed by atoms with Crippen LogP contribution in [-0.4, -0.2) is 9.89 Å². The molecule has 0 aliphatic carbocycles. The zero-order valence-electron chi connectivity index (χ0n) is 12.6. The minimum Gasteiger partial charge on any atom is -0.464 e. The summed E-state index contributed by atoms with van der Waals surface area (Å²) in [6.07, 6.45) is 0.801. The lowest BCUT2D eigenvalue weighted by atomic mass is 10.1. The molecule has 0 atom stereocenters. The lowest BCUT2D eigenvalue weighted by Gasteiger charge is -2.42. The normalized spacial score (nSPS) is 13.0. The Morgan fingerprint density at radius 2 is 1.38 bits per heavy atom. The molecule has 0 bridgehead atoms. The van der Waals surface area contributed by atoms with E-state index in [0.717, 1.165) is 23.3 Å². The van der Waals surface area contributed by atoms with Gasteiger partial charge in [-0.05, 0) is 61.5 Å². The Morgan fingerprint density at radius 1 is 0.792 bits per heavy atom. The highest BCUT2D eigenvalue weighted by Crippen LogP contribution is 2.61. The fourth-order valence-corrected chi connectivity index (χ4v) is 5.41. The average molecular weight is 714 g/mol. The molecule has 0 saturated heterocycles. The number of hydrogen-bond donors (Lipinski definition) is 0. The van der Waals surface area contributed by atoms with Crippen molar-refractivity contribution >= 4 is 95.6 Å².